The summed E-state index contributed by atoms with van der Waals surface area (Å²) in [7, 11) is 7.28. The summed E-state index contributed by atoms with van der Waals surface area (Å²) >= 11 is 0. The largest absolute Gasteiger partial charge is 0.465 e. The Labute approximate surface area is 117 Å². The molecule has 0 bridgehead atoms. The molecule has 0 N–H and O–H groups in total. The Balaban J connectivity index is 2.31. The van der Waals surface area contributed by atoms with Crippen molar-refractivity contribution in [3.05, 3.63) is 23.8 Å². The maximum Gasteiger partial charge on any atom is 0.340 e. The first-order chi connectivity index (χ1) is 9.52. The molecule has 0 spiro atoms. The lowest BCUT2D eigenvalue weighted by Crippen LogP contribution is -2.28. The van der Waals surface area contributed by atoms with E-state index in [4.69, 9.17) is 9.15 Å². The second kappa shape index (κ2) is 5.92. The number of methoxy groups -OCH3 is 1. The zero-order valence-corrected chi connectivity index (χ0v) is 12.2. The van der Waals surface area contributed by atoms with Gasteiger partial charge in [0.2, 0.25) is 0 Å². The van der Waals surface area contributed by atoms with Crippen molar-refractivity contribution in [2.45, 2.75) is 0 Å². The van der Waals surface area contributed by atoms with E-state index in [9.17, 15) is 4.79 Å². The Hall–Kier alpha value is -2.08. The molecule has 0 aliphatic rings. The van der Waals surface area contributed by atoms with Crippen LogP contribution >= 0.6 is 0 Å². The fourth-order valence-corrected chi connectivity index (χ4v) is 1.82. The second-order valence-electron chi connectivity index (χ2n) is 4.87. The maximum absolute atomic E-state index is 11.7. The van der Waals surface area contributed by atoms with Gasteiger partial charge < -0.3 is 19.0 Å². The number of rotatable bonds is 5. The van der Waals surface area contributed by atoms with Crippen LogP contribution in [0.1, 0.15) is 10.4 Å². The van der Waals surface area contributed by atoms with E-state index in [-0.39, 0.29) is 0 Å². The Kier molecular flexibility index (Phi) is 4.24. The Morgan fingerprint density at radius 2 is 2.05 bits per heavy atom. The number of hydrogen-bond donors (Lipinski definition) is 0. The van der Waals surface area contributed by atoms with Gasteiger partial charge in [0.1, 0.15) is 5.52 Å². The Morgan fingerprint density at radius 3 is 2.70 bits per heavy atom. The van der Waals surface area contributed by atoms with E-state index >= 15 is 0 Å². The number of esters is 1. The summed E-state index contributed by atoms with van der Waals surface area (Å²) in [4.78, 5) is 20.1. The van der Waals surface area contributed by atoms with Gasteiger partial charge in [-0.2, -0.15) is 4.98 Å². The highest BCUT2D eigenvalue weighted by molar-refractivity contribution is 6.01. The SMILES string of the molecule is COC(=O)c1cccc2oc(N(C)CCN(C)C)nc12. The van der Waals surface area contributed by atoms with Crippen molar-refractivity contribution in [2.75, 3.05) is 46.2 Å². The lowest BCUT2D eigenvalue weighted by atomic mass is 10.2. The summed E-state index contributed by atoms with van der Waals surface area (Å²) < 4.78 is 10.4. The number of nitrogens with zero attached hydrogens (tertiary/aromatic N) is 3. The molecule has 1 aromatic carbocycles. The van der Waals surface area contributed by atoms with Gasteiger partial charge in [-0.15, -0.1) is 0 Å². The summed E-state index contributed by atoms with van der Waals surface area (Å²) in [5.41, 5.74) is 1.53. The van der Waals surface area contributed by atoms with Gasteiger partial charge in [0.25, 0.3) is 6.01 Å². The quantitative estimate of drug-likeness (QED) is 0.774. The van der Waals surface area contributed by atoms with Gasteiger partial charge in [0.15, 0.2) is 5.58 Å². The lowest BCUT2D eigenvalue weighted by molar-refractivity contribution is 0.0603. The van der Waals surface area contributed by atoms with Gasteiger partial charge in [-0.3, -0.25) is 0 Å². The van der Waals surface area contributed by atoms with Crippen LogP contribution in [0.25, 0.3) is 11.1 Å². The number of carbonyl (C=O) groups excluding carboxylic acids is 1. The highest BCUT2D eigenvalue weighted by atomic mass is 16.5. The van der Waals surface area contributed by atoms with Gasteiger partial charge in [0, 0.05) is 20.1 Å². The molecular formula is C14H19N3O3. The highest BCUT2D eigenvalue weighted by Crippen LogP contribution is 2.24. The fourth-order valence-electron chi connectivity index (χ4n) is 1.82. The molecule has 20 heavy (non-hydrogen) atoms. The van der Waals surface area contributed by atoms with Crippen LogP contribution in [0.3, 0.4) is 0 Å². The minimum atomic E-state index is -0.411. The van der Waals surface area contributed by atoms with Gasteiger partial charge in [-0.1, -0.05) is 6.07 Å². The molecule has 1 heterocycles. The fraction of sp³-hybridized carbons (Fsp3) is 0.429. The number of likely N-dealkylation sites (N-methyl/N-ethyl adjacent to an activating group) is 2. The van der Waals surface area contributed by atoms with E-state index in [1.165, 1.54) is 7.11 Å². The third-order valence-electron chi connectivity index (χ3n) is 3.02. The lowest BCUT2D eigenvalue weighted by Gasteiger charge is -2.17. The number of para-hydroxylation sites is 1. The number of hydrogen-bond acceptors (Lipinski definition) is 6. The molecule has 0 saturated heterocycles. The number of aromatic nitrogens is 1. The van der Waals surface area contributed by atoms with Crippen LogP contribution in [-0.2, 0) is 4.74 Å². The van der Waals surface area contributed by atoms with Crippen LogP contribution in [0, 0.1) is 0 Å². The van der Waals surface area contributed by atoms with Crippen LogP contribution in [0.15, 0.2) is 22.6 Å². The van der Waals surface area contributed by atoms with Gasteiger partial charge in [-0.25, -0.2) is 4.79 Å². The van der Waals surface area contributed by atoms with Crippen LogP contribution in [0.4, 0.5) is 6.01 Å². The van der Waals surface area contributed by atoms with Gasteiger partial charge in [0.05, 0.1) is 12.7 Å². The molecule has 0 unspecified atom stereocenters. The first kappa shape index (κ1) is 14.3. The zero-order chi connectivity index (χ0) is 14.7. The first-order valence-corrected chi connectivity index (χ1v) is 6.36. The predicted molar refractivity (Wildman–Crippen MR) is 77.2 cm³/mol. The summed E-state index contributed by atoms with van der Waals surface area (Å²) in [5.74, 6) is -0.411. The van der Waals surface area contributed by atoms with E-state index in [1.54, 1.807) is 18.2 Å². The monoisotopic (exact) mass is 277 g/mol. The first-order valence-electron chi connectivity index (χ1n) is 6.36. The number of fused-ring (bicyclic) bond motifs is 1. The molecule has 0 fully saturated rings. The second-order valence-corrected chi connectivity index (χ2v) is 4.87. The van der Waals surface area contributed by atoms with Crippen molar-refractivity contribution < 1.29 is 13.9 Å². The zero-order valence-electron chi connectivity index (χ0n) is 12.2. The summed E-state index contributed by atoms with van der Waals surface area (Å²) in [6, 6.07) is 5.72. The molecule has 0 radical (unpaired) electrons. The van der Waals surface area contributed by atoms with Crippen molar-refractivity contribution in [1.82, 2.24) is 9.88 Å². The van der Waals surface area contributed by atoms with Crippen molar-refractivity contribution >= 4 is 23.1 Å². The number of ether oxygens (including phenoxy) is 1. The van der Waals surface area contributed by atoms with Crippen LogP contribution in [0.2, 0.25) is 0 Å². The Morgan fingerprint density at radius 1 is 1.30 bits per heavy atom. The van der Waals surface area contributed by atoms with E-state index < -0.39 is 5.97 Å². The van der Waals surface area contributed by atoms with E-state index in [2.05, 4.69) is 9.88 Å². The normalized spacial score (nSPS) is 11.1. The number of benzene rings is 1. The average Bonchev–Trinajstić information content (AvgIpc) is 2.87. The number of carbonyl (C=O) groups is 1. The smallest absolute Gasteiger partial charge is 0.340 e. The molecule has 0 aliphatic heterocycles. The number of oxazole rings is 1. The van der Waals surface area contributed by atoms with Gasteiger partial charge in [-0.05, 0) is 26.2 Å². The minimum Gasteiger partial charge on any atom is -0.465 e. The maximum atomic E-state index is 11.7. The molecule has 2 aromatic rings. The molecular weight excluding hydrogens is 258 g/mol. The third-order valence-corrected chi connectivity index (χ3v) is 3.02. The third kappa shape index (κ3) is 2.91. The molecule has 0 atom stereocenters. The standard InChI is InChI=1S/C14H19N3O3/c1-16(2)8-9-17(3)14-15-12-10(13(18)19-4)6-5-7-11(12)20-14/h5-7H,8-9H2,1-4H3. The van der Waals surface area contributed by atoms with Crippen LogP contribution in [0.5, 0.6) is 0 Å². The molecule has 2 rings (SSSR count). The molecule has 0 saturated carbocycles. The minimum absolute atomic E-state index is 0.411. The summed E-state index contributed by atoms with van der Waals surface area (Å²) in [5, 5.41) is 0. The molecule has 6 heteroatoms. The average molecular weight is 277 g/mol. The van der Waals surface area contributed by atoms with Crippen molar-refractivity contribution in [3.63, 3.8) is 0 Å². The number of anilines is 1. The summed E-state index contributed by atoms with van der Waals surface area (Å²) in [6.45, 7) is 1.67. The predicted octanol–water partition coefficient (Wildman–Crippen LogP) is 1.61. The summed E-state index contributed by atoms with van der Waals surface area (Å²) in [6.07, 6.45) is 0. The van der Waals surface area contributed by atoms with Gasteiger partial charge >= 0.3 is 5.97 Å². The van der Waals surface area contributed by atoms with Crippen LogP contribution < -0.4 is 4.90 Å². The van der Waals surface area contributed by atoms with Crippen molar-refractivity contribution in [2.24, 2.45) is 0 Å². The molecule has 6 nitrogen and oxygen atoms in total. The van der Waals surface area contributed by atoms with E-state index in [1.807, 2.05) is 26.0 Å². The van der Waals surface area contributed by atoms with E-state index in [0.29, 0.717) is 22.7 Å². The van der Waals surface area contributed by atoms with E-state index in [0.717, 1.165) is 13.1 Å². The Bertz CT molecular complexity index is 607. The molecule has 0 aliphatic carbocycles. The molecule has 0 amide bonds. The van der Waals surface area contributed by atoms with Crippen molar-refractivity contribution in [1.29, 1.82) is 0 Å². The van der Waals surface area contributed by atoms with Crippen molar-refractivity contribution in [3.8, 4) is 0 Å². The molecule has 1 aromatic heterocycles. The topological polar surface area (TPSA) is 58.8 Å². The van der Waals surface area contributed by atoms with Crippen LogP contribution in [-0.4, -0.2) is 57.2 Å². The molecule has 108 valence electrons. The highest BCUT2D eigenvalue weighted by Gasteiger charge is 2.17.